The molecule has 3 N–H and O–H groups in total. The van der Waals surface area contributed by atoms with Gasteiger partial charge in [0.2, 0.25) is 5.91 Å². The van der Waals surface area contributed by atoms with E-state index in [9.17, 15) is 4.79 Å². The second-order valence-electron chi connectivity index (χ2n) is 4.55. The molecule has 0 aliphatic heterocycles. The molecule has 0 radical (unpaired) electrons. The largest absolute Gasteiger partial charge is 0.350 e. The van der Waals surface area contributed by atoms with Crippen molar-refractivity contribution in [3.63, 3.8) is 0 Å². The first-order valence-corrected chi connectivity index (χ1v) is 6.42. The zero-order valence-corrected chi connectivity index (χ0v) is 10.3. The van der Waals surface area contributed by atoms with Crippen LogP contribution in [0.2, 0.25) is 0 Å². The third-order valence-corrected chi connectivity index (χ3v) is 3.93. The Labute approximate surface area is 99.3 Å². The van der Waals surface area contributed by atoms with Crippen LogP contribution in [-0.2, 0) is 11.3 Å². The fourth-order valence-corrected chi connectivity index (χ4v) is 2.56. The lowest BCUT2D eigenvalue weighted by atomic mass is 9.75. The molecule has 2 rings (SSSR count). The fourth-order valence-electron chi connectivity index (χ4n) is 1.85. The number of carbonyl (C=O) groups excluding carboxylic acids is 1. The van der Waals surface area contributed by atoms with E-state index in [0.717, 1.165) is 30.0 Å². The minimum absolute atomic E-state index is 0.0371. The Hall–Kier alpha value is -0.940. The van der Waals surface area contributed by atoms with Gasteiger partial charge in [-0.3, -0.25) is 4.79 Å². The second kappa shape index (κ2) is 4.51. The summed E-state index contributed by atoms with van der Waals surface area (Å²) in [5.41, 5.74) is 6.77. The first-order valence-electron chi connectivity index (χ1n) is 5.54. The van der Waals surface area contributed by atoms with E-state index in [1.807, 2.05) is 12.3 Å². The van der Waals surface area contributed by atoms with Gasteiger partial charge < -0.3 is 11.1 Å². The van der Waals surface area contributed by atoms with Crippen molar-refractivity contribution in [3.8, 4) is 0 Å². The lowest BCUT2D eigenvalue weighted by Gasteiger charge is -2.37. The van der Waals surface area contributed by atoms with E-state index < -0.39 is 0 Å². The molecular formula is C11H17N3OS. The maximum absolute atomic E-state index is 11.6. The Bertz CT molecular complexity index is 384. The van der Waals surface area contributed by atoms with Gasteiger partial charge in [0.05, 0.1) is 6.54 Å². The summed E-state index contributed by atoms with van der Waals surface area (Å²) in [4.78, 5) is 15.9. The molecule has 4 nitrogen and oxygen atoms in total. The van der Waals surface area contributed by atoms with Crippen LogP contribution in [0, 0.1) is 6.92 Å². The maximum Gasteiger partial charge on any atom is 0.222 e. The predicted molar refractivity (Wildman–Crippen MR) is 64.1 cm³/mol. The predicted octanol–water partition coefficient (Wildman–Crippen LogP) is 1.34. The summed E-state index contributed by atoms with van der Waals surface area (Å²) < 4.78 is 0. The van der Waals surface area contributed by atoms with Gasteiger partial charge >= 0.3 is 0 Å². The number of rotatable bonds is 4. The number of hydrogen-bond donors (Lipinski definition) is 2. The van der Waals surface area contributed by atoms with Crippen LogP contribution in [0.3, 0.4) is 0 Å². The van der Waals surface area contributed by atoms with Gasteiger partial charge in [-0.15, -0.1) is 11.3 Å². The van der Waals surface area contributed by atoms with E-state index in [1.54, 1.807) is 11.3 Å². The summed E-state index contributed by atoms with van der Waals surface area (Å²) in [5, 5.41) is 5.80. The van der Waals surface area contributed by atoms with Crippen LogP contribution in [0.15, 0.2) is 5.38 Å². The Morgan fingerprint density at radius 1 is 1.69 bits per heavy atom. The minimum Gasteiger partial charge on any atom is -0.350 e. The van der Waals surface area contributed by atoms with E-state index in [4.69, 9.17) is 5.73 Å². The molecule has 1 amide bonds. The molecule has 0 bridgehead atoms. The number of hydrogen-bond acceptors (Lipinski definition) is 4. The number of nitrogens with two attached hydrogens (primary N) is 1. The van der Waals surface area contributed by atoms with Crippen molar-refractivity contribution in [2.45, 2.75) is 44.7 Å². The van der Waals surface area contributed by atoms with Gasteiger partial charge in [-0.2, -0.15) is 0 Å². The Kier molecular flexibility index (Phi) is 3.25. The first-order chi connectivity index (χ1) is 7.57. The van der Waals surface area contributed by atoms with Crippen molar-refractivity contribution < 1.29 is 4.79 Å². The van der Waals surface area contributed by atoms with Gasteiger partial charge in [0, 0.05) is 23.0 Å². The van der Waals surface area contributed by atoms with E-state index in [0.29, 0.717) is 13.0 Å². The minimum atomic E-state index is -0.233. The van der Waals surface area contributed by atoms with Crippen LogP contribution in [0.1, 0.15) is 36.4 Å². The molecule has 0 aromatic carbocycles. The van der Waals surface area contributed by atoms with Crippen molar-refractivity contribution in [1.29, 1.82) is 0 Å². The van der Waals surface area contributed by atoms with Crippen LogP contribution in [-0.4, -0.2) is 16.4 Å². The monoisotopic (exact) mass is 239 g/mol. The SMILES string of the molecule is Cc1csc(CNC(=O)CC2(N)CCC2)n1. The molecule has 16 heavy (non-hydrogen) atoms. The smallest absolute Gasteiger partial charge is 0.222 e. The Balaban J connectivity index is 1.75. The molecule has 0 saturated heterocycles. The molecule has 1 aliphatic carbocycles. The van der Waals surface area contributed by atoms with Gasteiger partial charge in [0.1, 0.15) is 5.01 Å². The maximum atomic E-state index is 11.6. The standard InChI is InChI=1S/C11H17N3OS/c1-8-7-16-10(14-8)6-13-9(15)5-11(12)3-2-4-11/h7H,2-6,12H2,1H3,(H,13,15). The highest BCUT2D eigenvalue weighted by Crippen LogP contribution is 2.31. The van der Waals surface area contributed by atoms with Gasteiger partial charge in [0.25, 0.3) is 0 Å². The quantitative estimate of drug-likeness (QED) is 0.833. The summed E-state index contributed by atoms with van der Waals surface area (Å²) in [7, 11) is 0. The van der Waals surface area contributed by atoms with E-state index in [-0.39, 0.29) is 11.4 Å². The molecule has 1 fully saturated rings. The number of nitrogens with one attached hydrogen (secondary N) is 1. The van der Waals surface area contributed by atoms with Gasteiger partial charge in [0.15, 0.2) is 0 Å². The fraction of sp³-hybridized carbons (Fsp3) is 0.636. The van der Waals surface area contributed by atoms with Crippen molar-refractivity contribution in [1.82, 2.24) is 10.3 Å². The lowest BCUT2D eigenvalue weighted by Crippen LogP contribution is -2.49. The topological polar surface area (TPSA) is 68.0 Å². The summed E-state index contributed by atoms with van der Waals surface area (Å²) in [5.74, 6) is 0.0371. The molecule has 1 aromatic heterocycles. The average Bonchev–Trinajstić information content (AvgIpc) is 2.59. The van der Waals surface area contributed by atoms with Gasteiger partial charge in [-0.25, -0.2) is 4.98 Å². The summed E-state index contributed by atoms with van der Waals surface area (Å²) in [6, 6.07) is 0. The van der Waals surface area contributed by atoms with Crippen molar-refractivity contribution in [2.75, 3.05) is 0 Å². The lowest BCUT2D eigenvalue weighted by molar-refractivity contribution is -0.123. The average molecular weight is 239 g/mol. The van der Waals surface area contributed by atoms with Crippen molar-refractivity contribution >= 4 is 17.2 Å². The number of nitrogens with zero attached hydrogens (tertiary/aromatic N) is 1. The third-order valence-electron chi connectivity index (χ3n) is 2.97. The number of thiazole rings is 1. The molecule has 0 spiro atoms. The third kappa shape index (κ3) is 2.80. The molecular weight excluding hydrogens is 222 g/mol. The van der Waals surface area contributed by atoms with Gasteiger partial charge in [-0.1, -0.05) is 0 Å². The van der Waals surface area contributed by atoms with Crippen LogP contribution in [0.5, 0.6) is 0 Å². The summed E-state index contributed by atoms with van der Waals surface area (Å²) >= 11 is 1.57. The number of amides is 1. The second-order valence-corrected chi connectivity index (χ2v) is 5.49. The van der Waals surface area contributed by atoms with E-state index in [1.165, 1.54) is 0 Å². The molecule has 0 unspecified atom stereocenters. The summed E-state index contributed by atoms with van der Waals surface area (Å²) in [6.45, 7) is 2.47. The molecule has 1 heterocycles. The summed E-state index contributed by atoms with van der Waals surface area (Å²) in [6.07, 6.45) is 3.53. The van der Waals surface area contributed by atoms with Crippen LogP contribution in [0.25, 0.3) is 0 Å². The zero-order chi connectivity index (χ0) is 11.6. The van der Waals surface area contributed by atoms with Crippen LogP contribution < -0.4 is 11.1 Å². The molecule has 88 valence electrons. The van der Waals surface area contributed by atoms with E-state index >= 15 is 0 Å². The molecule has 1 aromatic rings. The zero-order valence-electron chi connectivity index (χ0n) is 9.45. The molecule has 1 aliphatic rings. The molecule has 5 heteroatoms. The van der Waals surface area contributed by atoms with Crippen molar-refractivity contribution in [3.05, 3.63) is 16.1 Å². The molecule has 1 saturated carbocycles. The van der Waals surface area contributed by atoms with Crippen LogP contribution >= 0.6 is 11.3 Å². The highest BCUT2D eigenvalue weighted by Gasteiger charge is 2.34. The molecule has 0 atom stereocenters. The number of aryl methyl sites for hydroxylation is 1. The van der Waals surface area contributed by atoms with Crippen LogP contribution in [0.4, 0.5) is 0 Å². The highest BCUT2D eigenvalue weighted by molar-refractivity contribution is 7.09. The van der Waals surface area contributed by atoms with Crippen molar-refractivity contribution in [2.24, 2.45) is 5.73 Å². The Morgan fingerprint density at radius 2 is 2.44 bits per heavy atom. The number of aromatic nitrogens is 1. The Morgan fingerprint density at radius 3 is 2.94 bits per heavy atom. The van der Waals surface area contributed by atoms with E-state index in [2.05, 4.69) is 10.3 Å². The first kappa shape index (κ1) is 11.5. The normalized spacial score (nSPS) is 17.9. The van der Waals surface area contributed by atoms with Gasteiger partial charge in [-0.05, 0) is 26.2 Å². The highest BCUT2D eigenvalue weighted by atomic mass is 32.1. The number of carbonyl (C=O) groups is 1.